The lowest BCUT2D eigenvalue weighted by atomic mass is 10.3. The normalized spacial score (nSPS) is 10.9. The quantitative estimate of drug-likeness (QED) is 0.513. The van der Waals surface area contributed by atoms with Crippen LogP contribution in [0.1, 0.15) is 16.2 Å². The number of rotatable bonds is 5. The van der Waals surface area contributed by atoms with Crippen molar-refractivity contribution in [2.45, 2.75) is 10.1 Å². The van der Waals surface area contributed by atoms with Crippen molar-refractivity contribution in [3.05, 3.63) is 11.4 Å². The molecule has 14 heteroatoms. The summed E-state index contributed by atoms with van der Waals surface area (Å²) in [6, 6.07) is 0. The molecule has 0 radical (unpaired) electrons. The van der Waals surface area contributed by atoms with Gasteiger partial charge in [0.1, 0.15) is 0 Å². The second-order valence-electron chi connectivity index (χ2n) is 3.77. The van der Waals surface area contributed by atoms with Crippen LogP contribution in [0.5, 0.6) is 0 Å². The van der Waals surface area contributed by atoms with Gasteiger partial charge in [0.05, 0.1) is 5.69 Å². The lowest BCUT2D eigenvalue weighted by Gasteiger charge is -2.02. The van der Waals surface area contributed by atoms with Crippen LogP contribution >= 0.6 is 23.1 Å². The lowest BCUT2D eigenvalue weighted by Crippen LogP contribution is -2.08. The summed E-state index contributed by atoms with van der Waals surface area (Å²) in [5.41, 5.74) is 11.1. The Morgan fingerprint density at radius 3 is 2.73 bits per heavy atom. The summed E-state index contributed by atoms with van der Waals surface area (Å²) in [6.45, 7) is 0. The number of nitrogens with two attached hydrogens (primary N) is 2. The van der Waals surface area contributed by atoms with Crippen LogP contribution in [0, 0.1) is 0 Å². The highest BCUT2D eigenvalue weighted by molar-refractivity contribution is 8.00. The van der Waals surface area contributed by atoms with Gasteiger partial charge in [-0.05, 0) is 10.3 Å². The van der Waals surface area contributed by atoms with Crippen LogP contribution in [-0.2, 0) is 5.75 Å². The molecule has 5 N–H and O–H groups in total. The molecular weight excluding hydrogens is 334 g/mol. The Hall–Kier alpha value is -2.74. The summed E-state index contributed by atoms with van der Waals surface area (Å²) >= 11 is 2.41. The first-order valence-corrected chi connectivity index (χ1v) is 7.34. The summed E-state index contributed by atoms with van der Waals surface area (Å²) in [4.78, 5) is 11.2. The van der Waals surface area contributed by atoms with Crippen LogP contribution < -0.4 is 11.5 Å². The second kappa shape index (κ2) is 5.57. The SMILES string of the molecule is Nc1nnc(SCc2c(C(=O)O)nnn2-c2nonc2N)s1. The van der Waals surface area contributed by atoms with Crippen molar-refractivity contribution in [2.75, 3.05) is 11.5 Å². The van der Waals surface area contributed by atoms with Crippen molar-refractivity contribution in [1.29, 1.82) is 0 Å². The smallest absolute Gasteiger partial charge is 0.358 e. The molecule has 0 unspecified atom stereocenters. The van der Waals surface area contributed by atoms with Crippen molar-refractivity contribution < 1.29 is 14.5 Å². The molecule has 0 aliphatic rings. The molecule has 22 heavy (non-hydrogen) atoms. The number of hydrogen-bond acceptors (Lipinski definition) is 12. The monoisotopic (exact) mass is 341 g/mol. The fourth-order valence-electron chi connectivity index (χ4n) is 1.51. The van der Waals surface area contributed by atoms with Gasteiger partial charge in [-0.3, -0.25) is 0 Å². The van der Waals surface area contributed by atoms with Crippen molar-refractivity contribution in [2.24, 2.45) is 0 Å². The predicted molar refractivity (Wildman–Crippen MR) is 74.5 cm³/mol. The average Bonchev–Trinajstić information content (AvgIpc) is 3.15. The van der Waals surface area contributed by atoms with E-state index in [1.54, 1.807) is 0 Å². The highest BCUT2D eigenvalue weighted by Gasteiger charge is 2.23. The zero-order valence-electron chi connectivity index (χ0n) is 10.6. The maximum atomic E-state index is 11.2. The Bertz CT molecular complexity index is 825. The van der Waals surface area contributed by atoms with E-state index in [0.29, 0.717) is 9.47 Å². The molecular formula is C8H7N9O3S2. The summed E-state index contributed by atoms with van der Waals surface area (Å²) < 4.78 is 6.22. The van der Waals surface area contributed by atoms with Crippen molar-refractivity contribution in [3.63, 3.8) is 0 Å². The van der Waals surface area contributed by atoms with Crippen LogP contribution in [0.25, 0.3) is 5.82 Å². The average molecular weight is 341 g/mol. The zero-order valence-corrected chi connectivity index (χ0v) is 12.2. The van der Waals surface area contributed by atoms with Gasteiger partial charge < -0.3 is 16.6 Å². The Morgan fingerprint density at radius 1 is 1.32 bits per heavy atom. The number of thioether (sulfide) groups is 1. The molecule has 0 saturated heterocycles. The van der Waals surface area contributed by atoms with Gasteiger partial charge >= 0.3 is 5.97 Å². The molecule has 0 fully saturated rings. The molecule has 0 atom stereocenters. The van der Waals surface area contributed by atoms with Gasteiger partial charge in [-0.1, -0.05) is 28.3 Å². The van der Waals surface area contributed by atoms with Gasteiger partial charge in [0.25, 0.3) is 0 Å². The van der Waals surface area contributed by atoms with Crippen molar-refractivity contribution in [1.82, 2.24) is 35.5 Å². The minimum Gasteiger partial charge on any atom is -0.476 e. The molecule has 3 aromatic rings. The minimum atomic E-state index is -1.23. The molecule has 3 aromatic heterocycles. The third-order valence-corrected chi connectivity index (χ3v) is 4.31. The number of carbonyl (C=O) groups is 1. The van der Waals surface area contributed by atoms with Gasteiger partial charge in [0.15, 0.2) is 10.0 Å². The van der Waals surface area contributed by atoms with E-state index in [9.17, 15) is 9.90 Å². The maximum Gasteiger partial charge on any atom is 0.358 e. The maximum absolute atomic E-state index is 11.2. The number of nitrogens with zero attached hydrogens (tertiary/aromatic N) is 7. The number of carboxylic acids is 1. The third-order valence-electron chi connectivity index (χ3n) is 2.42. The van der Waals surface area contributed by atoms with Crippen molar-refractivity contribution >= 4 is 40.0 Å². The number of aromatic carboxylic acids is 1. The van der Waals surface area contributed by atoms with Crippen LogP contribution in [0.2, 0.25) is 0 Å². The molecule has 3 rings (SSSR count). The van der Waals surface area contributed by atoms with Crippen LogP contribution in [0.4, 0.5) is 10.9 Å². The summed E-state index contributed by atoms with van der Waals surface area (Å²) in [5, 5.41) is 31.4. The van der Waals surface area contributed by atoms with Gasteiger partial charge in [0.2, 0.25) is 16.8 Å². The van der Waals surface area contributed by atoms with E-state index >= 15 is 0 Å². The molecule has 0 amide bonds. The zero-order chi connectivity index (χ0) is 15.7. The fourth-order valence-corrected chi connectivity index (χ4v) is 3.14. The van der Waals surface area contributed by atoms with Gasteiger partial charge in [-0.2, -0.15) is 4.68 Å². The molecule has 3 heterocycles. The third kappa shape index (κ3) is 2.56. The van der Waals surface area contributed by atoms with E-state index in [2.05, 4.69) is 35.5 Å². The van der Waals surface area contributed by atoms with Gasteiger partial charge in [-0.25, -0.2) is 9.42 Å². The highest BCUT2D eigenvalue weighted by atomic mass is 32.2. The van der Waals surface area contributed by atoms with E-state index in [0.717, 1.165) is 4.68 Å². The van der Waals surface area contributed by atoms with Crippen LogP contribution in [0.3, 0.4) is 0 Å². The standard InChI is InChI=1S/C8H7N9O3S2/c9-4-5(15-20-14-4)17-2(3(6(18)19)11-16-17)1-21-8-13-12-7(10)22-8/h1H2,(H2,9,14)(H2,10,12)(H,18,19). The fraction of sp³-hybridized carbons (Fsp3) is 0.125. The number of hydrogen-bond donors (Lipinski definition) is 3. The van der Waals surface area contributed by atoms with E-state index in [4.69, 9.17) is 11.5 Å². The van der Waals surface area contributed by atoms with E-state index < -0.39 is 5.97 Å². The molecule has 0 bridgehead atoms. The Labute approximate surface area is 129 Å². The Balaban J connectivity index is 1.95. The lowest BCUT2D eigenvalue weighted by molar-refractivity contribution is 0.0689. The highest BCUT2D eigenvalue weighted by Crippen LogP contribution is 2.28. The molecule has 0 aromatic carbocycles. The molecule has 0 aliphatic carbocycles. The largest absolute Gasteiger partial charge is 0.476 e. The molecule has 0 saturated carbocycles. The van der Waals surface area contributed by atoms with Gasteiger partial charge in [0, 0.05) is 5.75 Å². The van der Waals surface area contributed by atoms with Crippen molar-refractivity contribution in [3.8, 4) is 5.82 Å². The number of anilines is 2. The molecule has 12 nitrogen and oxygen atoms in total. The number of aromatic nitrogens is 7. The summed E-state index contributed by atoms with van der Waals surface area (Å²) in [5.74, 6) is -1.01. The van der Waals surface area contributed by atoms with E-state index in [1.165, 1.54) is 23.1 Å². The Morgan fingerprint density at radius 2 is 2.14 bits per heavy atom. The molecule has 0 spiro atoms. The number of carboxylic acid groups (broad SMARTS) is 1. The first-order chi connectivity index (χ1) is 10.6. The first kappa shape index (κ1) is 14.2. The molecule has 0 aliphatic heterocycles. The number of nitrogen functional groups attached to an aromatic ring is 2. The summed E-state index contributed by atoms with van der Waals surface area (Å²) in [6.07, 6.45) is 0. The Kier molecular flexibility index (Phi) is 3.60. The summed E-state index contributed by atoms with van der Waals surface area (Å²) in [7, 11) is 0. The van der Waals surface area contributed by atoms with Crippen LogP contribution in [0.15, 0.2) is 8.97 Å². The van der Waals surface area contributed by atoms with E-state index in [-0.39, 0.29) is 28.8 Å². The predicted octanol–water partition coefficient (Wildman–Crippen LogP) is -0.343. The first-order valence-electron chi connectivity index (χ1n) is 5.54. The molecule has 114 valence electrons. The van der Waals surface area contributed by atoms with E-state index in [1.807, 2.05) is 0 Å². The topological polar surface area (TPSA) is 185 Å². The minimum absolute atomic E-state index is 0.0340. The van der Waals surface area contributed by atoms with Gasteiger partial charge in [-0.15, -0.1) is 15.3 Å². The van der Waals surface area contributed by atoms with Crippen LogP contribution in [-0.4, -0.2) is 46.6 Å². The second-order valence-corrected chi connectivity index (χ2v) is 6.00.